The third-order valence-corrected chi connectivity index (χ3v) is 2.80. The summed E-state index contributed by atoms with van der Waals surface area (Å²) < 4.78 is 7.46. The van der Waals surface area contributed by atoms with Crippen LogP contribution in [0.5, 0.6) is 0 Å². The van der Waals surface area contributed by atoms with Crippen molar-refractivity contribution in [2.75, 3.05) is 13.2 Å². The maximum absolute atomic E-state index is 6.24. The van der Waals surface area contributed by atoms with Crippen LogP contribution in [0.2, 0.25) is 0 Å². The lowest BCUT2D eigenvalue weighted by Crippen LogP contribution is -2.44. The minimum Gasteiger partial charge on any atom is -0.380 e. The van der Waals surface area contributed by atoms with Gasteiger partial charge in [0.2, 0.25) is 0 Å². The Labute approximate surface area is 104 Å². The normalized spacial score (nSPS) is 14.9. The summed E-state index contributed by atoms with van der Waals surface area (Å²) in [5, 5.41) is 4.53. The molecule has 2 N–H and O–H groups in total. The largest absolute Gasteiger partial charge is 0.380 e. The van der Waals surface area contributed by atoms with Crippen LogP contribution in [0, 0.1) is 0 Å². The number of hydrogen-bond acceptors (Lipinski definition) is 3. The van der Waals surface area contributed by atoms with Gasteiger partial charge in [0.05, 0.1) is 12.3 Å². The number of aryl methyl sites for hydroxylation is 2. The van der Waals surface area contributed by atoms with Gasteiger partial charge in [-0.05, 0) is 33.3 Å². The fourth-order valence-corrected chi connectivity index (χ4v) is 1.90. The molecule has 0 spiro atoms. The first-order valence-electron chi connectivity index (χ1n) is 6.44. The standard InChI is InChI=1S/C13H25N3O/c1-5-11-8-12(16(6-2)15-11)9-13(4,14)10-17-7-3/h8H,5-7,9-10,14H2,1-4H3. The highest BCUT2D eigenvalue weighted by atomic mass is 16.5. The Hall–Kier alpha value is -0.870. The fourth-order valence-electron chi connectivity index (χ4n) is 1.90. The summed E-state index contributed by atoms with van der Waals surface area (Å²) in [6, 6.07) is 2.15. The van der Waals surface area contributed by atoms with Crippen LogP contribution in [0.1, 0.15) is 39.1 Å². The Balaban J connectivity index is 2.75. The molecule has 4 heteroatoms. The second-order valence-corrected chi connectivity index (χ2v) is 4.76. The first-order chi connectivity index (χ1) is 8.02. The molecule has 4 nitrogen and oxygen atoms in total. The number of rotatable bonds is 7. The average Bonchev–Trinajstić information content (AvgIpc) is 2.68. The van der Waals surface area contributed by atoms with Gasteiger partial charge in [0, 0.05) is 30.8 Å². The van der Waals surface area contributed by atoms with Gasteiger partial charge in [0.1, 0.15) is 0 Å². The maximum atomic E-state index is 6.24. The second-order valence-electron chi connectivity index (χ2n) is 4.76. The molecule has 0 aliphatic carbocycles. The van der Waals surface area contributed by atoms with Crippen molar-refractivity contribution in [2.45, 2.75) is 52.6 Å². The minimum absolute atomic E-state index is 0.325. The molecule has 0 amide bonds. The van der Waals surface area contributed by atoms with Crippen molar-refractivity contribution in [1.82, 2.24) is 9.78 Å². The van der Waals surface area contributed by atoms with Crippen LogP contribution in [0.15, 0.2) is 6.07 Å². The average molecular weight is 239 g/mol. The number of nitrogens with two attached hydrogens (primary N) is 1. The molecule has 1 rings (SSSR count). The van der Waals surface area contributed by atoms with Gasteiger partial charge >= 0.3 is 0 Å². The third kappa shape index (κ3) is 4.13. The van der Waals surface area contributed by atoms with E-state index in [4.69, 9.17) is 10.5 Å². The van der Waals surface area contributed by atoms with Gasteiger partial charge in [-0.2, -0.15) is 5.10 Å². The summed E-state index contributed by atoms with van der Waals surface area (Å²) >= 11 is 0. The van der Waals surface area contributed by atoms with Crippen molar-refractivity contribution in [1.29, 1.82) is 0 Å². The number of nitrogens with zero attached hydrogens (tertiary/aromatic N) is 2. The van der Waals surface area contributed by atoms with E-state index in [0.29, 0.717) is 13.2 Å². The topological polar surface area (TPSA) is 53.1 Å². The molecule has 98 valence electrons. The molecular formula is C13H25N3O. The van der Waals surface area contributed by atoms with E-state index in [-0.39, 0.29) is 5.54 Å². The first-order valence-corrected chi connectivity index (χ1v) is 6.44. The highest BCUT2D eigenvalue weighted by Gasteiger charge is 2.21. The van der Waals surface area contributed by atoms with E-state index in [2.05, 4.69) is 25.0 Å². The molecule has 1 heterocycles. The van der Waals surface area contributed by atoms with Gasteiger partial charge in [-0.25, -0.2) is 0 Å². The predicted molar refractivity (Wildman–Crippen MR) is 70.1 cm³/mol. The monoisotopic (exact) mass is 239 g/mol. The van der Waals surface area contributed by atoms with Crippen molar-refractivity contribution in [2.24, 2.45) is 5.73 Å². The van der Waals surface area contributed by atoms with Gasteiger partial charge in [-0.15, -0.1) is 0 Å². The van der Waals surface area contributed by atoms with Crippen LogP contribution in [-0.4, -0.2) is 28.5 Å². The highest BCUT2D eigenvalue weighted by Crippen LogP contribution is 2.13. The molecule has 0 fully saturated rings. The van der Waals surface area contributed by atoms with Crippen molar-refractivity contribution in [3.8, 4) is 0 Å². The smallest absolute Gasteiger partial charge is 0.0647 e. The number of ether oxygens (including phenoxy) is 1. The van der Waals surface area contributed by atoms with Gasteiger partial charge in [0.15, 0.2) is 0 Å². The molecular weight excluding hydrogens is 214 g/mol. The summed E-state index contributed by atoms with van der Waals surface area (Å²) in [5.74, 6) is 0. The van der Waals surface area contributed by atoms with Gasteiger partial charge in [-0.1, -0.05) is 6.92 Å². The highest BCUT2D eigenvalue weighted by molar-refractivity contribution is 5.13. The second kappa shape index (κ2) is 6.17. The fraction of sp³-hybridized carbons (Fsp3) is 0.769. The molecule has 1 unspecified atom stereocenters. The van der Waals surface area contributed by atoms with E-state index in [1.54, 1.807) is 0 Å². The first kappa shape index (κ1) is 14.2. The molecule has 17 heavy (non-hydrogen) atoms. The molecule has 1 aromatic heterocycles. The van der Waals surface area contributed by atoms with E-state index in [0.717, 1.165) is 25.1 Å². The van der Waals surface area contributed by atoms with Crippen LogP contribution in [-0.2, 0) is 24.1 Å². The van der Waals surface area contributed by atoms with Gasteiger partial charge in [-0.3, -0.25) is 4.68 Å². The number of aromatic nitrogens is 2. The molecule has 1 aromatic rings. The predicted octanol–water partition coefficient (Wildman–Crippen LogP) is 1.76. The van der Waals surface area contributed by atoms with Crippen molar-refractivity contribution in [3.05, 3.63) is 17.5 Å². The van der Waals surface area contributed by atoms with E-state index in [9.17, 15) is 0 Å². The molecule has 0 aromatic carbocycles. The van der Waals surface area contributed by atoms with Crippen LogP contribution in [0.3, 0.4) is 0 Å². The Bertz CT molecular complexity index is 344. The summed E-state index contributed by atoms with van der Waals surface area (Å²) in [7, 11) is 0. The van der Waals surface area contributed by atoms with Crippen molar-refractivity contribution < 1.29 is 4.74 Å². The Morgan fingerprint density at radius 2 is 2.12 bits per heavy atom. The van der Waals surface area contributed by atoms with Crippen LogP contribution >= 0.6 is 0 Å². The molecule has 0 aliphatic rings. The lowest BCUT2D eigenvalue weighted by molar-refractivity contribution is 0.100. The summed E-state index contributed by atoms with van der Waals surface area (Å²) in [4.78, 5) is 0. The Morgan fingerprint density at radius 3 is 2.65 bits per heavy atom. The Morgan fingerprint density at radius 1 is 1.41 bits per heavy atom. The third-order valence-electron chi connectivity index (χ3n) is 2.80. The molecule has 0 aliphatic heterocycles. The quantitative estimate of drug-likeness (QED) is 0.789. The van der Waals surface area contributed by atoms with E-state index in [1.807, 2.05) is 18.5 Å². The lowest BCUT2D eigenvalue weighted by Gasteiger charge is -2.24. The van der Waals surface area contributed by atoms with E-state index >= 15 is 0 Å². The van der Waals surface area contributed by atoms with Gasteiger partial charge in [0.25, 0.3) is 0 Å². The molecule has 0 saturated carbocycles. The maximum Gasteiger partial charge on any atom is 0.0647 e. The number of hydrogen-bond donors (Lipinski definition) is 1. The molecule has 0 radical (unpaired) electrons. The lowest BCUT2D eigenvalue weighted by atomic mass is 9.98. The van der Waals surface area contributed by atoms with E-state index < -0.39 is 0 Å². The minimum atomic E-state index is -0.325. The zero-order valence-corrected chi connectivity index (χ0v) is 11.5. The SMILES string of the molecule is CCOCC(C)(N)Cc1cc(CC)nn1CC. The van der Waals surface area contributed by atoms with Crippen LogP contribution in [0.4, 0.5) is 0 Å². The van der Waals surface area contributed by atoms with Crippen LogP contribution < -0.4 is 5.73 Å². The van der Waals surface area contributed by atoms with Crippen molar-refractivity contribution in [3.63, 3.8) is 0 Å². The molecule has 0 saturated heterocycles. The van der Waals surface area contributed by atoms with Gasteiger partial charge < -0.3 is 10.5 Å². The zero-order valence-electron chi connectivity index (χ0n) is 11.5. The molecule has 1 atom stereocenters. The Kier molecular flexibility index (Phi) is 5.15. The van der Waals surface area contributed by atoms with Crippen molar-refractivity contribution >= 4 is 0 Å². The van der Waals surface area contributed by atoms with Crippen LogP contribution in [0.25, 0.3) is 0 Å². The summed E-state index contributed by atoms with van der Waals surface area (Å²) in [5.41, 5.74) is 8.25. The summed E-state index contributed by atoms with van der Waals surface area (Å²) in [6.07, 6.45) is 1.76. The zero-order chi connectivity index (χ0) is 12.9. The summed E-state index contributed by atoms with van der Waals surface area (Å²) in [6.45, 7) is 10.4. The molecule has 0 bridgehead atoms. The van der Waals surface area contributed by atoms with E-state index in [1.165, 1.54) is 5.69 Å².